The molecule has 0 saturated heterocycles. The Labute approximate surface area is 262 Å². The maximum atomic E-state index is 13.7. The predicted molar refractivity (Wildman–Crippen MR) is 170 cm³/mol. The van der Waals surface area contributed by atoms with Gasteiger partial charge in [0.15, 0.2) is 0 Å². The molecule has 4 rings (SSSR count). The lowest BCUT2D eigenvalue weighted by molar-refractivity contribution is -0.124. The summed E-state index contributed by atoms with van der Waals surface area (Å²) in [6.07, 6.45) is 1.61. The predicted octanol–water partition coefficient (Wildman–Crippen LogP) is 4.32. The van der Waals surface area contributed by atoms with Gasteiger partial charge in [-0.15, -0.1) is 0 Å². The van der Waals surface area contributed by atoms with Gasteiger partial charge in [-0.2, -0.15) is 0 Å². The second kappa shape index (κ2) is 16.2. The molecule has 44 heavy (non-hydrogen) atoms. The molecule has 3 amide bonds. The summed E-state index contributed by atoms with van der Waals surface area (Å²) in [5, 5.41) is 9.26. The lowest BCUT2D eigenvalue weighted by Crippen LogP contribution is -2.42. The third kappa shape index (κ3) is 9.13. The third-order valence-corrected chi connectivity index (χ3v) is 7.30. The average Bonchev–Trinajstić information content (AvgIpc) is 3.05. The van der Waals surface area contributed by atoms with E-state index in [-0.39, 0.29) is 30.8 Å². The number of amides is 3. The number of nitrogens with zero attached hydrogens (tertiary/aromatic N) is 1. The molecule has 9 nitrogen and oxygen atoms in total. The normalized spacial score (nSPS) is 12.1. The number of ether oxygens (including phenoxy) is 1. The van der Waals surface area contributed by atoms with Gasteiger partial charge in [-0.1, -0.05) is 54.1 Å². The molecule has 0 spiro atoms. The van der Waals surface area contributed by atoms with Crippen molar-refractivity contribution in [3.05, 3.63) is 130 Å². The van der Waals surface area contributed by atoms with Crippen molar-refractivity contribution in [2.24, 2.45) is 5.73 Å². The Balaban J connectivity index is 1.48. The molecule has 3 aromatic carbocycles. The van der Waals surface area contributed by atoms with E-state index in [0.29, 0.717) is 47.3 Å². The van der Waals surface area contributed by atoms with E-state index in [4.69, 9.17) is 22.1 Å². The monoisotopic (exact) mass is 613 g/mol. The van der Waals surface area contributed by atoms with Crippen molar-refractivity contribution < 1.29 is 19.1 Å². The van der Waals surface area contributed by atoms with Crippen molar-refractivity contribution >= 4 is 29.3 Å². The van der Waals surface area contributed by atoms with Crippen LogP contribution in [0.1, 0.15) is 51.5 Å². The molecule has 0 bridgehead atoms. The number of pyridine rings is 1. The standard InChI is InChI=1S/C34H36ClN5O4/c1-2-44-28-16-12-25(13-17-28)29(21-39-32(41)26-10-14-27(35)15-11-26)33(42)40-22-30(31-5-3-4-18-37-31)34(43)38-20-24-8-6-23(19-36)7-9-24/h3-18,29-30H,2,19-22,36H2,1H3,(H,38,43)(H,39,41)(H,40,42)/t29-,30+/m1/s1. The first-order valence-corrected chi connectivity index (χ1v) is 14.8. The van der Waals surface area contributed by atoms with Crippen LogP contribution in [0.4, 0.5) is 0 Å². The number of nitrogens with two attached hydrogens (primary N) is 1. The molecule has 0 radical (unpaired) electrons. The fourth-order valence-corrected chi connectivity index (χ4v) is 4.69. The second-order valence-electron chi connectivity index (χ2n) is 10.1. The zero-order valence-electron chi connectivity index (χ0n) is 24.5. The fraction of sp³-hybridized carbons (Fsp3) is 0.235. The highest BCUT2D eigenvalue weighted by Crippen LogP contribution is 2.21. The number of rotatable bonds is 14. The molecule has 1 aromatic heterocycles. The Kier molecular flexibility index (Phi) is 11.9. The second-order valence-corrected chi connectivity index (χ2v) is 10.5. The van der Waals surface area contributed by atoms with Crippen LogP contribution in [0.3, 0.4) is 0 Å². The zero-order chi connectivity index (χ0) is 31.3. The summed E-state index contributed by atoms with van der Waals surface area (Å²) in [5.74, 6) is -1.78. The minimum atomic E-state index is -0.742. The van der Waals surface area contributed by atoms with Crippen LogP contribution in [-0.2, 0) is 22.7 Å². The summed E-state index contributed by atoms with van der Waals surface area (Å²) < 4.78 is 5.55. The summed E-state index contributed by atoms with van der Waals surface area (Å²) in [6, 6.07) is 26.6. The molecule has 0 saturated carbocycles. The number of halogens is 1. The summed E-state index contributed by atoms with van der Waals surface area (Å²) in [7, 11) is 0. The van der Waals surface area contributed by atoms with E-state index in [0.717, 1.165) is 11.1 Å². The number of benzene rings is 3. The summed E-state index contributed by atoms with van der Waals surface area (Å²) in [5.41, 5.74) is 9.24. The van der Waals surface area contributed by atoms with Crippen LogP contribution in [0.15, 0.2) is 97.2 Å². The zero-order valence-corrected chi connectivity index (χ0v) is 25.2. The van der Waals surface area contributed by atoms with Crippen molar-refractivity contribution in [1.82, 2.24) is 20.9 Å². The summed E-state index contributed by atoms with van der Waals surface area (Å²) in [6.45, 7) is 3.19. The van der Waals surface area contributed by atoms with E-state index in [9.17, 15) is 14.4 Å². The van der Waals surface area contributed by atoms with E-state index in [2.05, 4.69) is 20.9 Å². The molecular weight excluding hydrogens is 578 g/mol. The topological polar surface area (TPSA) is 135 Å². The van der Waals surface area contributed by atoms with Crippen molar-refractivity contribution in [2.75, 3.05) is 19.7 Å². The molecule has 0 fully saturated rings. The average molecular weight is 614 g/mol. The van der Waals surface area contributed by atoms with Gasteiger partial charge in [-0.05, 0) is 72.1 Å². The van der Waals surface area contributed by atoms with Crippen LogP contribution in [0.25, 0.3) is 0 Å². The van der Waals surface area contributed by atoms with Crippen LogP contribution in [0.2, 0.25) is 5.02 Å². The van der Waals surface area contributed by atoms with Crippen LogP contribution >= 0.6 is 11.6 Å². The largest absolute Gasteiger partial charge is 0.494 e. The maximum absolute atomic E-state index is 13.7. The van der Waals surface area contributed by atoms with Gasteiger partial charge in [0.2, 0.25) is 11.8 Å². The Morgan fingerprint density at radius 1 is 0.795 bits per heavy atom. The van der Waals surface area contributed by atoms with Crippen molar-refractivity contribution in [1.29, 1.82) is 0 Å². The van der Waals surface area contributed by atoms with E-state index in [1.165, 1.54) is 0 Å². The van der Waals surface area contributed by atoms with Crippen molar-refractivity contribution in [2.45, 2.75) is 31.8 Å². The van der Waals surface area contributed by atoms with Crippen molar-refractivity contribution in [3.63, 3.8) is 0 Å². The Morgan fingerprint density at radius 2 is 1.45 bits per heavy atom. The van der Waals surface area contributed by atoms with Crippen molar-refractivity contribution in [3.8, 4) is 5.75 Å². The van der Waals surface area contributed by atoms with E-state index in [1.807, 2.05) is 31.2 Å². The number of carbonyl (C=O) groups is 3. The molecule has 4 aromatic rings. The molecule has 5 N–H and O–H groups in total. The first-order chi connectivity index (χ1) is 21.4. The molecule has 1 heterocycles. The van der Waals surface area contributed by atoms with Crippen LogP contribution in [0, 0.1) is 0 Å². The first-order valence-electron chi connectivity index (χ1n) is 14.4. The van der Waals surface area contributed by atoms with Gasteiger partial charge in [0, 0.05) is 43.0 Å². The lowest BCUT2D eigenvalue weighted by Gasteiger charge is -2.21. The Hall–Kier alpha value is -4.73. The van der Waals surface area contributed by atoms with Gasteiger partial charge >= 0.3 is 0 Å². The third-order valence-electron chi connectivity index (χ3n) is 7.05. The SMILES string of the molecule is CCOc1ccc([C@@H](CNC(=O)c2ccc(Cl)cc2)C(=O)NC[C@H](C(=O)NCc2ccc(CN)cc2)c2ccccn2)cc1. The highest BCUT2D eigenvalue weighted by atomic mass is 35.5. The molecular formula is C34H36ClN5O4. The van der Waals surface area contributed by atoms with Gasteiger partial charge in [0.05, 0.1) is 24.1 Å². The Bertz CT molecular complexity index is 1510. The molecule has 10 heteroatoms. The molecule has 0 aliphatic rings. The minimum Gasteiger partial charge on any atom is -0.494 e. The summed E-state index contributed by atoms with van der Waals surface area (Å²) >= 11 is 5.96. The highest BCUT2D eigenvalue weighted by Gasteiger charge is 2.26. The molecule has 0 unspecified atom stereocenters. The van der Waals surface area contributed by atoms with Gasteiger partial charge in [0.25, 0.3) is 5.91 Å². The molecule has 0 aliphatic heterocycles. The van der Waals surface area contributed by atoms with Crippen LogP contribution < -0.4 is 26.4 Å². The van der Waals surface area contributed by atoms with E-state index < -0.39 is 11.8 Å². The fourth-order valence-electron chi connectivity index (χ4n) is 4.57. The van der Waals surface area contributed by atoms with Gasteiger partial charge in [0.1, 0.15) is 5.75 Å². The Morgan fingerprint density at radius 3 is 2.09 bits per heavy atom. The summed E-state index contributed by atoms with van der Waals surface area (Å²) in [4.78, 5) is 44.3. The molecule has 0 aliphatic carbocycles. The quantitative estimate of drug-likeness (QED) is 0.167. The first kappa shape index (κ1) is 32.2. The van der Waals surface area contributed by atoms with Gasteiger partial charge in [-0.3, -0.25) is 19.4 Å². The lowest BCUT2D eigenvalue weighted by atomic mass is 9.96. The van der Waals surface area contributed by atoms with Crippen LogP contribution in [-0.4, -0.2) is 42.4 Å². The molecule has 228 valence electrons. The number of hydrogen-bond acceptors (Lipinski definition) is 6. The number of hydrogen-bond donors (Lipinski definition) is 4. The van der Waals surface area contributed by atoms with Gasteiger partial charge in [-0.25, -0.2) is 0 Å². The highest BCUT2D eigenvalue weighted by molar-refractivity contribution is 6.30. The molecule has 2 atom stereocenters. The maximum Gasteiger partial charge on any atom is 0.251 e. The number of carbonyl (C=O) groups excluding carboxylic acids is 3. The smallest absolute Gasteiger partial charge is 0.251 e. The van der Waals surface area contributed by atoms with Crippen LogP contribution in [0.5, 0.6) is 5.75 Å². The number of aromatic nitrogens is 1. The number of nitrogens with one attached hydrogen (secondary N) is 3. The van der Waals surface area contributed by atoms with E-state index in [1.54, 1.807) is 72.9 Å². The van der Waals surface area contributed by atoms with E-state index >= 15 is 0 Å². The van der Waals surface area contributed by atoms with Gasteiger partial charge < -0.3 is 26.4 Å². The minimum absolute atomic E-state index is 0.00640.